The minimum atomic E-state index is -4.85. The maximum Gasteiger partial charge on any atom is 0.431 e. The van der Waals surface area contributed by atoms with E-state index in [0.717, 1.165) is 18.6 Å². The summed E-state index contributed by atoms with van der Waals surface area (Å²) in [5, 5.41) is 9.12. The highest BCUT2D eigenvalue weighted by molar-refractivity contribution is 7.13. The Labute approximate surface area is 158 Å². The number of alkyl halides is 3. The van der Waals surface area contributed by atoms with Crippen molar-refractivity contribution in [2.24, 2.45) is 7.05 Å². The van der Waals surface area contributed by atoms with E-state index < -0.39 is 35.7 Å². The largest absolute Gasteiger partial charge is 0.480 e. The fourth-order valence-corrected chi connectivity index (χ4v) is 3.35. The van der Waals surface area contributed by atoms with Gasteiger partial charge in [0.2, 0.25) is 0 Å². The summed E-state index contributed by atoms with van der Waals surface area (Å²) < 4.78 is 49.7. The van der Waals surface area contributed by atoms with Crippen molar-refractivity contribution in [2.45, 2.75) is 12.8 Å². The zero-order valence-electron chi connectivity index (χ0n) is 14.2. The number of carboxylic acid groups (broad SMARTS) is 1. The van der Waals surface area contributed by atoms with E-state index in [1.165, 1.54) is 12.1 Å². The summed E-state index contributed by atoms with van der Waals surface area (Å²) in [6, 6.07) is 4.76. The molecule has 12 heteroatoms. The van der Waals surface area contributed by atoms with Crippen LogP contribution in [-0.2, 0) is 29.4 Å². The number of aliphatic carboxylic acids is 1. The molecule has 0 bridgehead atoms. The third-order valence-corrected chi connectivity index (χ3v) is 4.73. The highest BCUT2D eigenvalue weighted by atomic mass is 32.1. The standard InChI is InChI=1S/C16H12F3N3O5S/c1-21-12(16(17,18)19)5-13(23)22(15(21)26)8-2-3-11-9(4-8)10(20-28-11)6-27-7-14(24)25/h2-5H,6-7H2,1H3,(H,24,25). The van der Waals surface area contributed by atoms with E-state index in [4.69, 9.17) is 9.84 Å². The summed E-state index contributed by atoms with van der Waals surface area (Å²) in [6.45, 7) is -0.646. The van der Waals surface area contributed by atoms with Crippen LogP contribution in [0.2, 0.25) is 0 Å². The number of hydrogen-bond acceptors (Lipinski definition) is 6. The number of ether oxygens (including phenoxy) is 1. The third-order valence-electron chi connectivity index (χ3n) is 3.86. The van der Waals surface area contributed by atoms with Crippen LogP contribution in [-0.4, -0.2) is 31.2 Å². The smallest absolute Gasteiger partial charge is 0.431 e. The summed E-state index contributed by atoms with van der Waals surface area (Å²) >= 11 is 1.10. The molecule has 0 aliphatic rings. The lowest BCUT2D eigenvalue weighted by atomic mass is 10.2. The predicted octanol–water partition coefficient (Wildman–Crippen LogP) is 1.77. The van der Waals surface area contributed by atoms with E-state index in [1.54, 1.807) is 6.07 Å². The molecular formula is C16H12F3N3O5S. The number of halogens is 3. The summed E-state index contributed by atoms with van der Waals surface area (Å²) in [5.41, 5.74) is -3.17. The van der Waals surface area contributed by atoms with E-state index in [9.17, 15) is 27.6 Å². The second-order valence-corrected chi connectivity index (χ2v) is 6.54. The lowest BCUT2D eigenvalue weighted by molar-refractivity contribution is -0.144. The number of hydrogen-bond donors (Lipinski definition) is 1. The van der Waals surface area contributed by atoms with E-state index in [2.05, 4.69) is 4.37 Å². The number of nitrogens with zero attached hydrogens (tertiary/aromatic N) is 3. The minimum Gasteiger partial charge on any atom is -0.480 e. The van der Waals surface area contributed by atoms with Crippen LogP contribution in [0.5, 0.6) is 0 Å². The number of carboxylic acids is 1. The Kier molecular flexibility index (Phi) is 5.08. The van der Waals surface area contributed by atoms with E-state index in [-0.39, 0.29) is 12.3 Å². The fourth-order valence-electron chi connectivity index (χ4n) is 2.59. The predicted molar refractivity (Wildman–Crippen MR) is 92.8 cm³/mol. The summed E-state index contributed by atoms with van der Waals surface area (Å²) in [6.07, 6.45) is -4.85. The number of carbonyl (C=O) groups is 1. The molecule has 148 valence electrons. The van der Waals surface area contributed by atoms with Gasteiger partial charge in [0.05, 0.1) is 22.7 Å². The van der Waals surface area contributed by atoms with Gasteiger partial charge in [-0.3, -0.25) is 9.36 Å². The van der Waals surface area contributed by atoms with Gasteiger partial charge in [-0.1, -0.05) is 0 Å². The Morgan fingerprint density at radius 1 is 1.29 bits per heavy atom. The number of benzene rings is 1. The second kappa shape index (κ2) is 7.20. The van der Waals surface area contributed by atoms with Crippen molar-refractivity contribution in [1.82, 2.24) is 13.5 Å². The highest BCUT2D eigenvalue weighted by Gasteiger charge is 2.35. The molecule has 0 saturated heterocycles. The first-order valence-electron chi connectivity index (χ1n) is 7.68. The van der Waals surface area contributed by atoms with E-state index in [0.29, 0.717) is 31.0 Å². The number of aromatic nitrogens is 3. The second-order valence-electron chi connectivity index (χ2n) is 5.74. The molecule has 0 aliphatic heterocycles. The lowest BCUT2D eigenvalue weighted by Crippen LogP contribution is -2.40. The molecule has 8 nitrogen and oxygen atoms in total. The van der Waals surface area contributed by atoms with Gasteiger partial charge in [0, 0.05) is 18.5 Å². The molecule has 0 radical (unpaired) electrons. The van der Waals surface area contributed by atoms with Gasteiger partial charge in [0.15, 0.2) is 0 Å². The molecule has 0 spiro atoms. The topological polar surface area (TPSA) is 103 Å². The molecule has 28 heavy (non-hydrogen) atoms. The van der Waals surface area contributed by atoms with Gasteiger partial charge >= 0.3 is 17.8 Å². The van der Waals surface area contributed by atoms with Gasteiger partial charge < -0.3 is 9.84 Å². The Hall–Kier alpha value is -2.99. The SMILES string of the molecule is Cn1c(C(F)(F)F)cc(=O)n(-c2ccc3snc(COCC(=O)O)c3c2)c1=O. The van der Waals surface area contributed by atoms with E-state index in [1.807, 2.05) is 0 Å². The average molecular weight is 415 g/mol. The molecule has 0 atom stereocenters. The molecule has 0 unspecified atom stereocenters. The molecule has 0 amide bonds. The third kappa shape index (κ3) is 3.68. The van der Waals surface area contributed by atoms with Crippen molar-refractivity contribution in [1.29, 1.82) is 0 Å². The summed E-state index contributed by atoms with van der Waals surface area (Å²) in [5.74, 6) is -1.15. The van der Waals surface area contributed by atoms with Crippen LogP contribution < -0.4 is 11.2 Å². The minimum absolute atomic E-state index is 0.0616. The molecule has 1 aromatic carbocycles. The Morgan fingerprint density at radius 3 is 2.64 bits per heavy atom. The van der Waals surface area contributed by atoms with Crippen molar-refractivity contribution in [3.63, 3.8) is 0 Å². The molecule has 0 saturated carbocycles. The van der Waals surface area contributed by atoms with Gasteiger partial charge in [-0.05, 0) is 29.7 Å². The quantitative estimate of drug-likeness (QED) is 0.681. The van der Waals surface area contributed by atoms with Crippen molar-refractivity contribution in [2.75, 3.05) is 6.61 Å². The molecule has 3 aromatic rings. The van der Waals surface area contributed by atoms with Gasteiger partial charge in [-0.25, -0.2) is 14.2 Å². The maximum absolute atomic E-state index is 13.0. The monoisotopic (exact) mass is 415 g/mol. The van der Waals surface area contributed by atoms with Crippen LogP contribution in [0.4, 0.5) is 13.2 Å². The van der Waals surface area contributed by atoms with Crippen LogP contribution in [0.3, 0.4) is 0 Å². The van der Waals surface area contributed by atoms with Crippen molar-refractivity contribution < 1.29 is 27.8 Å². The number of fused-ring (bicyclic) bond motifs is 1. The van der Waals surface area contributed by atoms with Crippen LogP contribution in [0.1, 0.15) is 11.4 Å². The Bertz CT molecular complexity index is 1180. The van der Waals surface area contributed by atoms with Crippen LogP contribution >= 0.6 is 11.5 Å². The normalized spacial score (nSPS) is 11.9. The lowest BCUT2D eigenvalue weighted by Gasteiger charge is -2.14. The average Bonchev–Trinajstić information content (AvgIpc) is 2.99. The zero-order chi connectivity index (χ0) is 20.6. The van der Waals surface area contributed by atoms with Crippen LogP contribution in [0.25, 0.3) is 15.8 Å². The van der Waals surface area contributed by atoms with Crippen molar-refractivity contribution in [3.05, 3.63) is 56.5 Å². The van der Waals surface area contributed by atoms with Gasteiger partial charge in [-0.15, -0.1) is 0 Å². The number of rotatable bonds is 5. The van der Waals surface area contributed by atoms with Gasteiger partial charge in [0.25, 0.3) is 5.56 Å². The summed E-state index contributed by atoms with van der Waals surface area (Å²) in [7, 11) is 0.928. The molecule has 2 aromatic heterocycles. The molecule has 0 aliphatic carbocycles. The maximum atomic E-state index is 13.0. The van der Waals surface area contributed by atoms with Crippen LogP contribution in [0, 0.1) is 0 Å². The van der Waals surface area contributed by atoms with E-state index >= 15 is 0 Å². The first-order chi connectivity index (χ1) is 13.1. The molecule has 2 heterocycles. The Balaban J connectivity index is 2.09. The van der Waals surface area contributed by atoms with Crippen molar-refractivity contribution in [3.8, 4) is 5.69 Å². The molecule has 1 N–H and O–H groups in total. The zero-order valence-corrected chi connectivity index (χ0v) is 15.0. The Morgan fingerprint density at radius 2 is 2.00 bits per heavy atom. The van der Waals surface area contributed by atoms with Gasteiger partial charge in [-0.2, -0.15) is 17.5 Å². The molecular weight excluding hydrogens is 403 g/mol. The fraction of sp³-hybridized carbons (Fsp3) is 0.250. The van der Waals surface area contributed by atoms with Crippen molar-refractivity contribution >= 4 is 27.6 Å². The summed E-state index contributed by atoms with van der Waals surface area (Å²) in [4.78, 5) is 35.1. The van der Waals surface area contributed by atoms with Crippen LogP contribution in [0.15, 0.2) is 33.9 Å². The molecule has 0 fully saturated rings. The highest BCUT2D eigenvalue weighted by Crippen LogP contribution is 2.28. The first-order valence-corrected chi connectivity index (χ1v) is 8.45. The first kappa shape index (κ1) is 19.8. The molecule has 3 rings (SSSR count). The van der Waals surface area contributed by atoms with Gasteiger partial charge in [0.1, 0.15) is 12.3 Å².